The summed E-state index contributed by atoms with van der Waals surface area (Å²) < 4.78 is 28.5. The first-order valence-electron chi connectivity index (χ1n) is 6.12. The summed E-state index contributed by atoms with van der Waals surface area (Å²) in [6.45, 7) is 0.00762. The second-order valence-electron chi connectivity index (χ2n) is 4.42. The summed E-state index contributed by atoms with van der Waals surface area (Å²) in [5, 5.41) is 11.6. The minimum Gasteiger partial charge on any atom is -0.381 e. The summed E-state index contributed by atoms with van der Waals surface area (Å²) in [6, 6.07) is 9.32. The molecule has 3 aromatic rings. The zero-order chi connectivity index (χ0) is 14.8. The highest BCUT2D eigenvalue weighted by Gasteiger charge is 2.11. The molecule has 0 saturated heterocycles. The smallest absolute Gasteiger partial charge is 0.132 e. The molecule has 1 heterocycles. The molecule has 0 amide bonds. The van der Waals surface area contributed by atoms with Crippen molar-refractivity contribution in [2.24, 2.45) is 0 Å². The van der Waals surface area contributed by atoms with Crippen LogP contribution in [-0.2, 0) is 6.54 Å². The van der Waals surface area contributed by atoms with Gasteiger partial charge in [-0.1, -0.05) is 0 Å². The molecule has 2 aromatic carbocycles. The van der Waals surface area contributed by atoms with Crippen LogP contribution in [0, 0.1) is 23.0 Å². The Morgan fingerprint density at radius 1 is 1.19 bits per heavy atom. The lowest BCUT2D eigenvalue weighted by Gasteiger charge is -2.09. The van der Waals surface area contributed by atoms with Crippen molar-refractivity contribution in [3.8, 4) is 6.07 Å². The van der Waals surface area contributed by atoms with Gasteiger partial charge >= 0.3 is 0 Å². The number of anilines is 1. The minimum absolute atomic E-state index is 0.00762. The molecule has 0 bridgehead atoms. The normalized spacial score (nSPS) is 10.5. The number of nitrogens with zero attached hydrogens (tertiary/aromatic N) is 2. The first kappa shape index (κ1) is 13.5. The molecule has 0 aliphatic rings. The fraction of sp³-hybridized carbons (Fsp3) is 0.0667. The van der Waals surface area contributed by atoms with Crippen molar-refractivity contribution >= 4 is 27.2 Å². The molecule has 104 valence electrons. The number of fused-ring (bicyclic) bond motifs is 1. The molecule has 0 aliphatic heterocycles. The molecular weight excluding hydrogens is 292 g/mol. The highest BCUT2D eigenvalue weighted by Crippen LogP contribution is 2.23. The second kappa shape index (κ2) is 5.46. The van der Waals surface area contributed by atoms with Gasteiger partial charge in [-0.25, -0.2) is 13.8 Å². The van der Waals surface area contributed by atoms with E-state index in [0.717, 1.165) is 28.0 Å². The number of aromatic nitrogens is 1. The zero-order valence-electron chi connectivity index (χ0n) is 10.7. The van der Waals surface area contributed by atoms with Gasteiger partial charge in [0, 0.05) is 17.8 Å². The fourth-order valence-electron chi connectivity index (χ4n) is 1.99. The Morgan fingerprint density at radius 3 is 2.67 bits per heavy atom. The van der Waals surface area contributed by atoms with Crippen LogP contribution in [0.1, 0.15) is 11.1 Å². The maximum absolute atomic E-state index is 13.8. The Morgan fingerprint density at radius 2 is 1.95 bits per heavy atom. The molecular formula is C15H9F2N3S. The monoisotopic (exact) mass is 301 g/mol. The molecule has 21 heavy (non-hydrogen) atoms. The van der Waals surface area contributed by atoms with Gasteiger partial charge in [0.05, 0.1) is 27.4 Å². The van der Waals surface area contributed by atoms with Crippen LogP contribution in [0.2, 0.25) is 0 Å². The topological polar surface area (TPSA) is 48.7 Å². The Kier molecular flexibility index (Phi) is 3.50. The Hall–Kier alpha value is -2.52. The summed E-state index contributed by atoms with van der Waals surface area (Å²) in [5.41, 5.74) is 3.28. The minimum atomic E-state index is -0.724. The van der Waals surface area contributed by atoms with Crippen molar-refractivity contribution in [2.75, 3.05) is 5.32 Å². The van der Waals surface area contributed by atoms with Crippen LogP contribution in [0.3, 0.4) is 0 Å². The van der Waals surface area contributed by atoms with Crippen molar-refractivity contribution in [3.05, 3.63) is 58.6 Å². The Labute approximate surface area is 123 Å². The van der Waals surface area contributed by atoms with Gasteiger partial charge in [-0.05, 0) is 30.3 Å². The van der Waals surface area contributed by atoms with Gasteiger partial charge in [-0.2, -0.15) is 5.26 Å². The van der Waals surface area contributed by atoms with Gasteiger partial charge < -0.3 is 5.32 Å². The Balaban J connectivity index is 1.83. The third-order valence-electron chi connectivity index (χ3n) is 3.07. The highest BCUT2D eigenvalue weighted by molar-refractivity contribution is 7.16. The number of benzene rings is 2. The maximum Gasteiger partial charge on any atom is 0.132 e. The van der Waals surface area contributed by atoms with Crippen molar-refractivity contribution in [1.29, 1.82) is 5.26 Å². The molecule has 3 nitrogen and oxygen atoms in total. The summed E-state index contributed by atoms with van der Waals surface area (Å²) in [6.07, 6.45) is 0. The largest absolute Gasteiger partial charge is 0.381 e. The van der Waals surface area contributed by atoms with Crippen LogP contribution < -0.4 is 5.32 Å². The summed E-state index contributed by atoms with van der Waals surface area (Å²) >= 11 is 1.50. The first-order chi connectivity index (χ1) is 10.2. The molecule has 0 radical (unpaired) electrons. The summed E-state index contributed by atoms with van der Waals surface area (Å²) in [5.74, 6) is -1.45. The number of hydrogen-bond acceptors (Lipinski definition) is 4. The SMILES string of the molecule is N#Cc1cc(F)c(CNc2ccc3ncsc3c2)c(F)c1. The number of nitriles is 1. The van der Waals surface area contributed by atoms with Crippen LogP contribution in [0.25, 0.3) is 10.2 Å². The molecule has 0 atom stereocenters. The van der Waals surface area contributed by atoms with E-state index in [1.165, 1.54) is 11.3 Å². The van der Waals surface area contributed by atoms with Crippen LogP contribution in [-0.4, -0.2) is 4.98 Å². The third-order valence-corrected chi connectivity index (χ3v) is 3.86. The first-order valence-corrected chi connectivity index (χ1v) is 7.00. The molecule has 1 aromatic heterocycles. The summed E-state index contributed by atoms with van der Waals surface area (Å²) in [7, 11) is 0. The van der Waals surface area contributed by atoms with E-state index in [4.69, 9.17) is 5.26 Å². The lowest BCUT2D eigenvalue weighted by molar-refractivity contribution is 0.559. The van der Waals surface area contributed by atoms with E-state index in [1.807, 2.05) is 18.2 Å². The van der Waals surface area contributed by atoms with Gasteiger partial charge in [0.25, 0.3) is 0 Å². The predicted molar refractivity (Wildman–Crippen MR) is 78.0 cm³/mol. The average molecular weight is 301 g/mol. The van der Waals surface area contributed by atoms with E-state index >= 15 is 0 Å². The lowest BCUT2D eigenvalue weighted by Crippen LogP contribution is -2.05. The molecule has 0 fully saturated rings. The number of hydrogen-bond donors (Lipinski definition) is 1. The van der Waals surface area contributed by atoms with Crippen LogP contribution in [0.5, 0.6) is 0 Å². The van der Waals surface area contributed by atoms with Crippen molar-refractivity contribution in [3.63, 3.8) is 0 Å². The van der Waals surface area contributed by atoms with Crippen LogP contribution in [0.4, 0.5) is 14.5 Å². The van der Waals surface area contributed by atoms with E-state index in [1.54, 1.807) is 11.6 Å². The maximum atomic E-state index is 13.8. The van der Waals surface area contributed by atoms with Crippen molar-refractivity contribution < 1.29 is 8.78 Å². The lowest BCUT2D eigenvalue weighted by atomic mass is 10.1. The number of thiazole rings is 1. The molecule has 1 N–H and O–H groups in total. The summed E-state index contributed by atoms with van der Waals surface area (Å²) in [4.78, 5) is 4.17. The van der Waals surface area contributed by atoms with E-state index in [2.05, 4.69) is 10.3 Å². The highest BCUT2D eigenvalue weighted by atomic mass is 32.1. The molecule has 3 rings (SSSR count). The fourth-order valence-corrected chi connectivity index (χ4v) is 2.71. The molecule has 0 spiro atoms. The average Bonchev–Trinajstić information content (AvgIpc) is 2.93. The van der Waals surface area contributed by atoms with Gasteiger partial charge in [0.2, 0.25) is 0 Å². The van der Waals surface area contributed by atoms with Gasteiger partial charge in [0.15, 0.2) is 0 Å². The third kappa shape index (κ3) is 2.69. The standard InChI is InChI=1S/C15H9F2N3S/c16-12-3-9(6-18)4-13(17)11(12)7-19-10-1-2-14-15(5-10)21-8-20-14/h1-5,8,19H,7H2. The van der Waals surface area contributed by atoms with E-state index in [9.17, 15) is 8.78 Å². The van der Waals surface area contributed by atoms with Crippen LogP contribution >= 0.6 is 11.3 Å². The number of rotatable bonds is 3. The molecule has 6 heteroatoms. The van der Waals surface area contributed by atoms with E-state index in [-0.39, 0.29) is 17.7 Å². The number of halogens is 2. The van der Waals surface area contributed by atoms with Gasteiger partial charge in [-0.3, -0.25) is 0 Å². The number of nitrogens with one attached hydrogen (secondary N) is 1. The van der Waals surface area contributed by atoms with E-state index in [0.29, 0.717) is 0 Å². The van der Waals surface area contributed by atoms with Crippen LogP contribution in [0.15, 0.2) is 35.8 Å². The van der Waals surface area contributed by atoms with Gasteiger partial charge in [0.1, 0.15) is 11.6 Å². The molecule has 0 saturated carbocycles. The zero-order valence-corrected chi connectivity index (χ0v) is 11.5. The molecule has 0 unspecified atom stereocenters. The van der Waals surface area contributed by atoms with Gasteiger partial charge in [-0.15, -0.1) is 11.3 Å². The molecule has 0 aliphatic carbocycles. The van der Waals surface area contributed by atoms with Crippen molar-refractivity contribution in [1.82, 2.24) is 4.98 Å². The Bertz CT molecular complexity index is 828. The van der Waals surface area contributed by atoms with E-state index < -0.39 is 11.6 Å². The second-order valence-corrected chi connectivity index (χ2v) is 5.31. The quantitative estimate of drug-likeness (QED) is 0.793. The predicted octanol–water partition coefficient (Wildman–Crippen LogP) is 4.06. The van der Waals surface area contributed by atoms with Crippen molar-refractivity contribution in [2.45, 2.75) is 6.54 Å².